The third kappa shape index (κ3) is 4.15. The maximum absolute atomic E-state index is 15.1. The first-order chi connectivity index (χ1) is 17.3. The fourth-order valence-corrected chi connectivity index (χ4v) is 5.49. The number of aromatic nitrogens is 1. The molecular weight excluding hydrogens is 527 g/mol. The second-order valence-corrected chi connectivity index (χ2v) is 10.5. The summed E-state index contributed by atoms with van der Waals surface area (Å²) in [7, 11) is -3.99. The highest BCUT2D eigenvalue weighted by atomic mass is 32.2. The van der Waals surface area contributed by atoms with Crippen LogP contribution in [0.5, 0.6) is 5.75 Å². The van der Waals surface area contributed by atoms with Gasteiger partial charge in [0.15, 0.2) is 11.4 Å². The van der Waals surface area contributed by atoms with Crippen molar-refractivity contribution in [2.45, 2.75) is 24.9 Å². The largest absolute Gasteiger partial charge is 0.494 e. The van der Waals surface area contributed by atoms with Crippen LogP contribution in [0.3, 0.4) is 0 Å². The van der Waals surface area contributed by atoms with Crippen molar-refractivity contribution in [3.8, 4) is 16.9 Å². The number of hydrogen-bond donors (Lipinski definition) is 1. The Morgan fingerprint density at radius 3 is 2.43 bits per heavy atom. The van der Waals surface area contributed by atoms with Gasteiger partial charge in [0.2, 0.25) is 10.0 Å². The molecule has 0 radical (unpaired) electrons. The number of alkyl halides is 2. The zero-order chi connectivity index (χ0) is 26.9. The molecule has 0 aliphatic carbocycles. The Kier molecular flexibility index (Phi) is 5.82. The van der Waals surface area contributed by atoms with Gasteiger partial charge in [-0.15, -0.1) is 0 Å². The molecule has 2 aliphatic heterocycles. The van der Waals surface area contributed by atoms with E-state index in [1.54, 1.807) is 6.92 Å². The van der Waals surface area contributed by atoms with Gasteiger partial charge in [0, 0.05) is 30.3 Å². The first kappa shape index (κ1) is 25.2. The topological polar surface area (TPSA) is 105 Å². The SMILES string of the molecule is CCOc1cc(-c2c(F)cc(F)cc2F)c2c(N3C[C@H]4N(C[C@@H](NS(C)(=O)=O)C4(F)F)C3=O)noc2c1. The molecule has 2 aliphatic rings. The molecule has 2 saturated heterocycles. The number of carbonyl (C=O) groups is 1. The highest BCUT2D eigenvalue weighted by Crippen LogP contribution is 2.45. The number of amides is 2. The number of fused-ring (bicyclic) bond motifs is 2. The molecule has 0 unspecified atom stereocenters. The molecule has 0 spiro atoms. The maximum Gasteiger partial charge on any atom is 0.326 e. The lowest BCUT2D eigenvalue weighted by Crippen LogP contribution is -2.50. The van der Waals surface area contributed by atoms with Crippen molar-refractivity contribution in [1.82, 2.24) is 14.8 Å². The van der Waals surface area contributed by atoms with Gasteiger partial charge in [0.1, 0.15) is 35.3 Å². The smallest absolute Gasteiger partial charge is 0.326 e. The molecule has 9 nitrogen and oxygen atoms in total. The van der Waals surface area contributed by atoms with Crippen LogP contribution in [-0.2, 0) is 10.0 Å². The molecule has 2 fully saturated rings. The summed E-state index contributed by atoms with van der Waals surface area (Å²) in [4.78, 5) is 14.8. The number of rotatable bonds is 6. The monoisotopic (exact) mass is 546 g/mol. The van der Waals surface area contributed by atoms with Crippen LogP contribution in [0.4, 0.5) is 32.6 Å². The summed E-state index contributed by atoms with van der Waals surface area (Å²) in [5, 5.41) is 3.73. The van der Waals surface area contributed by atoms with Gasteiger partial charge in [-0.3, -0.25) is 4.90 Å². The van der Waals surface area contributed by atoms with Crippen LogP contribution in [0, 0.1) is 17.5 Å². The Balaban J connectivity index is 1.62. The zero-order valence-corrected chi connectivity index (χ0v) is 20.1. The first-order valence-electron chi connectivity index (χ1n) is 11.0. The number of sulfonamides is 1. The maximum atomic E-state index is 15.1. The summed E-state index contributed by atoms with van der Waals surface area (Å²) < 4.78 is 109. The number of hydrogen-bond acceptors (Lipinski definition) is 6. The van der Waals surface area contributed by atoms with Crippen molar-refractivity contribution >= 4 is 32.8 Å². The molecule has 0 bridgehead atoms. The van der Waals surface area contributed by atoms with Crippen molar-refractivity contribution in [3.63, 3.8) is 0 Å². The molecule has 2 amide bonds. The predicted molar refractivity (Wildman–Crippen MR) is 120 cm³/mol. The molecule has 3 heterocycles. The van der Waals surface area contributed by atoms with Crippen LogP contribution in [0.2, 0.25) is 0 Å². The van der Waals surface area contributed by atoms with Gasteiger partial charge in [-0.1, -0.05) is 5.16 Å². The lowest BCUT2D eigenvalue weighted by molar-refractivity contribution is -0.0324. The second-order valence-electron chi connectivity index (χ2n) is 8.71. The molecule has 2 atom stereocenters. The van der Waals surface area contributed by atoms with Crippen LogP contribution in [0.15, 0.2) is 28.8 Å². The van der Waals surface area contributed by atoms with Crippen molar-refractivity contribution < 1.29 is 44.4 Å². The number of nitrogens with one attached hydrogen (secondary N) is 1. The molecule has 37 heavy (non-hydrogen) atoms. The van der Waals surface area contributed by atoms with Crippen molar-refractivity contribution in [2.75, 3.05) is 30.9 Å². The normalized spacial score (nSPS) is 21.2. The van der Waals surface area contributed by atoms with E-state index in [1.165, 1.54) is 12.1 Å². The van der Waals surface area contributed by atoms with Gasteiger partial charge in [-0.2, -0.15) is 0 Å². The highest BCUT2D eigenvalue weighted by molar-refractivity contribution is 7.88. The molecule has 1 N–H and O–H groups in total. The molecule has 2 aromatic carbocycles. The van der Waals surface area contributed by atoms with Crippen molar-refractivity contribution in [3.05, 3.63) is 41.7 Å². The fraction of sp³-hybridized carbons (Fsp3) is 0.364. The molecule has 0 saturated carbocycles. The molecule has 1 aromatic heterocycles. The van der Waals surface area contributed by atoms with E-state index >= 15 is 8.78 Å². The highest BCUT2D eigenvalue weighted by Gasteiger charge is 2.63. The summed E-state index contributed by atoms with van der Waals surface area (Å²) >= 11 is 0. The van der Waals surface area contributed by atoms with E-state index < -0.39 is 70.2 Å². The summed E-state index contributed by atoms with van der Waals surface area (Å²) in [6.07, 6.45) is 0.730. The number of halogens is 5. The summed E-state index contributed by atoms with van der Waals surface area (Å²) in [5.41, 5.74) is -0.926. The third-order valence-electron chi connectivity index (χ3n) is 6.23. The van der Waals surface area contributed by atoms with Gasteiger partial charge >= 0.3 is 6.03 Å². The summed E-state index contributed by atoms with van der Waals surface area (Å²) in [5.74, 6) is -7.46. The average molecular weight is 546 g/mol. The van der Waals surface area contributed by atoms with E-state index in [-0.39, 0.29) is 34.7 Å². The standard InChI is InChI=1S/C22H19F5N4O5S/c1-3-35-11-6-12(18-13(24)4-10(23)5-14(18)25)19-15(7-11)36-28-20(19)31-9-17-22(26,27)16(29-37(2,33)34)8-30(17)21(31)32/h4-7,16-17,29H,3,8-9H2,1-2H3/t16-,17-/m1/s1. The Morgan fingerprint density at radius 1 is 1.16 bits per heavy atom. The minimum Gasteiger partial charge on any atom is -0.494 e. The number of benzene rings is 2. The minimum absolute atomic E-state index is 0.0673. The van der Waals surface area contributed by atoms with Gasteiger partial charge < -0.3 is 14.2 Å². The Hall–Kier alpha value is -3.46. The van der Waals surface area contributed by atoms with E-state index in [4.69, 9.17) is 9.26 Å². The minimum atomic E-state index is -3.99. The lowest BCUT2D eigenvalue weighted by atomic mass is 9.99. The van der Waals surface area contributed by atoms with Crippen molar-refractivity contribution in [2.24, 2.45) is 0 Å². The predicted octanol–water partition coefficient (Wildman–Crippen LogP) is 3.49. The molecule has 5 rings (SSSR count). The fourth-order valence-electron chi connectivity index (χ4n) is 4.74. The molecule has 3 aromatic rings. The Labute approximate surface area is 206 Å². The number of anilines is 1. The summed E-state index contributed by atoms with van der Waals surface area (Å²) in [6.45, 7) is 0.616. The molecule has 198 valence electrons. The Morgan fingerprint density at radius 2 is 1.84 bits per heavy atom. The molecule has 15 heteroatoms. The average Bonchev–Trinajstić information content (AvgIpc) is 3.40. The van der Waals surface area contributed by atoms with Gasteiger partial charge in [0.25, 0.3) is 5.92 Å². The molecular formula is C22H19F5N4O5S. The quantitative estimate of drug-likeness (QED) is 0.475. The van der Waals surface area contributed by atoms with Gasteiger partial charge in [-0.05, 0) is 13.0 Å². The van der Waals surface area contributed by atoms with E-state index in [0.29, 0.717) is 12.1 Å². The van der Waals surface area contributed by atoms with Crippen LogP contribution in [0.25, 0.3) is 22.1 Å². The third-order valence-corrected chi connectivity index (χ3v) is 6.94. The van der Waals surface area contributed by atoms with E-state index in [0.717, 1.165) is 16.1 Å². The van der Waals surface area contributed by atoms with Gasteiger partial charge in [-0.25, -0.2) is 39.9 Å². The first-order valence-corrected chi connectivity index (χ1v) is 12.8. The Bertz CT molecular complexity index is 1510. The lowest BCUT2D eigenvalue weighted by Gasteiger charge is -2.23. The van der Waals surface area contributed by atoms with E-state index in [1.807, 2.05) is 4.72 Å². The number of carbonyl (C=O) groups excluding carboxylic acids is 1. The zero-order valence-electron chi connectivity index (χ0n) is 19.3. The summed E-state index contributed by atoms with van der Waals surface area (Å²) in [6, 6.07) is -0.947. The van der Waals surface area contributed by atoms with Crippen LogP contribution in [-0.4, -0.2) is 68.5 Å². The number of ether oxygens (including phenoxy) is 1. The van der Waals surface area contributed by atoms with Crippen LogP contribution < -0.4 is 14.4 Å². The van der Waals surface area contributed by atoms with E-state index in [2.05, 4.69) is 5.16 Å². The number of urea groups is 1. The number of nitrogens with zero attached hydrogens (tertiary/aromatic N) is 3. The van der Waals surface area contributed by atoms with Crippen molar-refractivity contribution in [1.29, 1.82) is 0 Å². The van der Waals surface area contributed by atoms with Crippen LogP contribution in [0.1, 0.15) is 6.92 Å². The van der Waals surface area contributed by atoms with Crippen LogP contribution >= 0.6 is 0 Å². The van der Waals surface area contributed by atoms with E-state index in [9.17, 15) is 26.4 Å². The van der Waals surface area contributed by atoms with Gasteiger partial charge in [0.05, 0.1) is 30.4 Å². The second kappa shape index (κ2) is 8.55.